The van der Waals surface area contributed by atoms with Crippen LogP contribution >= 0.6 is 11.6 Å². The van der Waals surface area contributed by atoms with Gasteiger partial charge >= 0.3 is 0 Å². The second kappa shape index (κ2) is 7.63. The van der Waals surface area contributed by atoms with Crippen LogP contribution in [-0.4, -0.2) is 13.1 Å². The Morgan fingerprint density at radius 1 is 0.857 bits per heavy atom. The number of hydrogen-bond acceptors (Lipinski definition) is 1. The molecule has 0 aliphatic rings. The second-order valence-electron chi connectivity index (χ2n) is 5.92. The second-order valence-corrected chi connectivity index (χ2v) is 6.35. The van der Waals surface area contributed by atoms with E-state index in [2.05, 4.69) is 55.6 Å². The maximum Gasteiger partial charge on any atom is 0.0406 e. The quantitative estimate of drug-likeness (QED) is 0.805. The number of likely N-dealkylation sites (N-methyl/N-ethyl adjacent to an activating group) is 1. The molecule has 1 unspecified atom stereocenters. The van der Waals surface area contributed by atoms with Crippen LogP contribution in [0.1, 0.15) is 36.5 Å². The largest absolute Gasteiger partial charge is 0.316 e. The third kappa shape index (κ3) is 4.87. The maximum atomic E-state index is 5.94. The highest BCUT2D eigenvalue weighted by molar-refractivity contribution is 6.30. The monoisotopic (exact) mass is 301 g/mol. The zero-order valence-electron chi connectivity index (χ0n) is 13.1. The smallest absolute Gasteiger partial charge is 0.0406 e. The molecule has 0 aliphatic carbocycles. The summed E-state index contributed by atoms with van der Waals surface area (Å²) >= 11 is 5.94. The zero-order chi connectivity index (χ0) is 15.2. The number of benzene rings is 2. The van der Waals surface area contributed by atoms with Crippen LogP contribution in [0.15, 0.2) is 48.5 Å². The van der Waals surface area contributed by atoms with Gasteiger partial charge in [-0.3, -0.25) is 0 Å². The van der Waals surface area contributed by atoms with Gasteiger partial charge in [0.25, 0.3) is 0 Å². The summed E-state index contributed by atoms with van der Waals surface area (Å²) in [5.41, 5.74) is 4.10. The molecule has 0 aliphatic heterocycles. The Labute approximate surface area is 133 Å². The van der Waals surface area contributed by atoms with Gasteiger partial charge in [0.15, 0.2) is 0 Å². The topological polar surface area (TPSA) is 12.0 Å². The van der Waals surface area contributed by atoms with Crippen molar-refractivity contribution in [3.8, 4) is 0 Å². The lowest BCUT2D eigenvalue weighted by Gasteiger charge is -2.17. The molecule has 2 aromatic rings. The van der Waals surface area contributed by atoms with E-state index in [1.54, 1.807) is 0 Å². The van der Waals surface area contributed by atoms with Crippen molar-refractivity contribution in [2.24, 2.45) is 0 Å². The molecule has 0 radical (unpaired) electrons. The fourth-order valence-corrected chi connectivity index (χ4v) is 2.63. The zero-order valence-corrected chi connectivity index (χ0v) is 13.8. The predicted molar refractivity (Wildman–Crippen MR) is 92.2 cm³/mol. The van der Waals surface area contributed by atoms with Crippen molar-refractivity contribution < 1.29 is 0 Å². The van der Waals surface area contributed by atoms with Crippen LogP contribution in [0.3, 0.4) is 0 Å². The van der Waals surface area contributed by atoms with Gasteiger partial charge in [-0.25, -0.2) is 0 Å². The fourth-order valence-electron chi connectivity index (χ4n) is 2.50. The molecule has 0 bridgehead atoms. The fraction of sp³-hybridized carbons (Fsp3) is 0.368. The van der Waals surface area contributed by atoms with Crippen molar-refractivity contribution in [3.63, 3.8) is 0 Å². The molecular weight excluding hydrogens is 278 g/mol. The molecule has 2 rings (SSSR count). The Balaban J connectivity index is 1.99. The van der Waals surface area contributed by atoms with Crippen LogP contribution in [0.5, 0.6) is 0 Å². The van der Waals surface area contributed by atoms with E-state index in [1.165, 1.54) is 16.7 Å². The van der Waals surface area contributed by atoms with E-state index in [9.17, 15) is 0 Å². The minimum absolute atomic E-state index is 0.441. The van der Waals surface area contributed by atoms with Crippen molar-refractivity contribution >= 4 is 11.6 Å². The van der Waals surface area contributed by atoms with E-state index in [-0.39, 0.29) is 0 Å². The van der Waals surface area contributed by atoms with Gasteiger partial charge in [-0.05, 0) is 54.6 Å². The summed E-state index contributed by atoms with van der Waals surface area (Å²) in [6.07, 6.45) is 2.05. The Morgan fingerprint density at radius 2 is 1.33 bits per heavy atom. The predicted octanol–water partition coefficient (Wildman–Crippen LogP) is 4.84. The SMILES string of the molecule is CNC(Cc1ccc(Cl)cc1)Cc1ccc(C(C)C)cc1. The first-order valence-corrected chi connectivity index (χ1v) is 7.97. The van der Waals surface area contributed by atoms with Crippen molar-refractivity contribution in [1.29, 1.82) is 0 Å². The molecule has 21 heavy (non-hydrogen) atoms. The molecule has 1 N–H and O–H groups in total. The third-order valence-corrected chi connectivity index (χ3v) is 4.18. The summed E-state index contributed by atoms with van der Waals surface area (Å²) < 4.78 is 0. The molecule has 1 atom stereocenters. The third-order valence-electron chi connectivity index (χ3n) is 3.93. The highest BCUT2D eigenvalue weighted by atomic mass is 35.5. The van der Waals surface area contributed by atoms with Gasteiger partial charge in [-0.2, -0.15) is 0 Å². The van der Waals surface area contributed by atoms with Crippen LogP contribution in [-0.2, 0) is 12.8 Å². The molecule has 0 heterocycles. The molecule has 0 fully saturated rings. The molecular formula is C19H24ClN. The van der Waals surface area contributed by atoms with Crippen molar-refractivity contribution in [3.05, 3.63) is 70.2 Å². The highest BCUT2D eigenvalue weighted by Gasteiger charge is 2.09. The first-order valence-electron chi connectivity index (χ1n) is 7.59. The molecule has 0 saturated heterocycles. The Morgan fingerprint density at radius 3 is 1.76 bits per heavy atom. The van der Waals surface area contributed by atoms with Crippen LogP contribution in [0.25, 0.3) is 0 Å². The normalized spacial score (nSPS) is 12.6. The molecule has 112 valence electrons. The summed E-state index contributed by atoms with van der Waals surface area (Å²) in [7, 11) is 2.03. The minimum atomic E-state index is 0.441. The maximum absolute atomic E-state index is 5.94. The Bertz CT molecular complexity index is 543. The molecule has 0 spiro atoms. The van der Waals surface area contributed by atoms with Gasteiger partial charge in [0.2, 0.25) is 0 Å². The van der Waals surface area contributed by atoms with E-state index in [0.717, 1.165) is 17.9 Å². The van der Waals surface area contributed by atoms with Crippen LogP contribution in [0.4, 0.5) is 0 Å². The van der Waals surface area contributed by atoms with Crippen molar-refractivity contribution in [1.82, 2.24) is 5.32 Å². The first kappa shape index (κ1) is 16.1. The van der Waals surface area contributed by atoms with Crippen LogP contribution in [0, 0.1) is 0 Å². The number of rotatable bonds is 6. The number of hydrogen-bond donors (Lipinski definition) is 1. The summed E-state index contributed by atoms with van der Waals surface area (Å²) in [5, 5.41) is 4.21. The van der Waals surface area contributed by atoms with Gasteiger partial charge in [0.1, 0.15) is 0 Å². The lowest BCUT2D eigenvalue weighted by Crippen LogP contribution is -2.29. The van der Waals surface area contributed by atoms with E-state index in [1.807, 2.05) is 19.2 Å². The molecule has 2 heteroatoms. The van der Waals surface area contributed by atoms with E-state index in [0.29, 0.717) is 12.0 Å². The van der Waals surface area contributed by atoms with Gasteiger partial charge in [0.05, 0.1) is 0 Å². The summed E-state index contributed by atoms with van der Waals surface area (Å²) in [6, 6.07) is 17.6. The molecule has 1 nitrogen and oxygen atoms in total. The first-order chi connectivity index (χ1) is 10.1. The number of halogens is 1. The summed E-state index contributed by atoms with van der Waals surface area (Å²) in [4.78, 5) is 0. The Kier molecular flexibility index (Phi) is 5.84. The summed E-state index contributed by atoms with van der Waals surface area (Å²) in [6.45, 7) is 4.46. The van der Waals surface area contributed by atoms with Gasteiger partial charge in [0, 0.05) is 11.1 Å². The lowest BCUT2D eigenvalue weighted by molar-refractivity contribution is 0.556. The lowest BCUT2D eigenvalue weighted by atomic mass is 9.96. The molecule has 0 saturated carbocycles. The van der Waals surface area contributed by atoms with Gasteiger partial charge in [-0.1, -0.05) is 61.8 Å². The van der Waals surface area contributed by atoms with Gasteiger partial charge < -0.3 is 5.32 Å². The van der Waals surface area contributed by atoms with E-state index in [4.69, 9.17) is 11.6 Å². The van der Waals surface area contributed by atoms with Gasteiger partial charge in [-0.15, -0.1) is 0 Å². The average molecular weight is 302 g/mol. The van der Waals surface area contributed by atoms with Crippen LogP contribution in [0.2, 0.25) is 5.02 Å². The molecule has 0 aromatic heterocycles. The van der Waals surface area contributed by atoms with Crippen LogP contribution < -0.4 is 5.32 Å². The molecule has 2 aromatic carbocycles. The van der Waals surface area contributed by atoms with Crippen molar-refractivity contribution in [2.45, 2.75) is 38.6 Å². The number of nitrogens with one attached hydrogen (secondary N) is 1. The van der Waals surface area contributed by atoms with Crippen molar-refractivity contribution in [2.75, 3.05) is 7.05 Å². The molecule has 0 amide bonds. The average Bonchev–Trinajstić information content (AvgIpc) is 2.49. The summed E-state index contributed by atoms with van der Waals surface area (Å²) in [5.74, 6) is 0.591. The Hall–Kier alpha value is -1.31. The van der Waals surface area contributed by atoms with E-state index < -0.39 is 0 Å². The standard InChI is InChI=1S/C19H24ClN/c1-14(2)17-8-4-15(5-9-17)12-19(21-3)13-16-6-10-18(20)11-7-16/h4-11,14,19,21H,12-13H2,1-3H3. The highest BCUT2D eigenvalue weighted by Crippen LogP contribution is 2.17. The van der Waals surface area contributed by atoms with E-state index >= 15 is 0 Å². The minimum Gasteiger partial charge on any atom is -0.316 e.